The molecule has 0 fully saturated rings. The molecule has 68 valence electrons. The topological polar surface area (TPSA) is 32.6 Å². The van der Waals surface area contributed by atoms with Crippen LogP contribution in [0.3, 0.4) is 0 Å². The third-order valence-electron chi connectivity index (χ3n) is 0.432. The Labute approximate surface area is 78.2 Å². The highest BCUT2D eigenvalue weighted by Crippen LogP contribution is 2.23. The summed E-state index contributed by atoms with van der Waals surface area (Å²) >= 11 is 2.35. The van der Waals surface area contributed by atoms with Crippen molar-refractivity contribution in [3.05, 3.63) is 0 Å². The molecule has 11 heavy (non-hydrogen) atoms. The van der Waals surface area contributed by atoms with Crippen LogP contribution in [0.4, 0.5) is 0 Å². The van der Waals surface area contributed by atoms with Crippen molar-refractivity contribution in [1.82, 2.24) is 0 Å². The third-order valence-corrected chi connectivity index (χ3v) is 1.30. The largest absolute Gasteiger partial charge is 0.330 e. The zero-order valence-corrected chi connectivity index (χ0v) is 9.42. The molecular formula is C7H17NOS2. The molecule has 0 saturated carbocycles. The molecule has 0 aliphatic rings. The van der Waals surface area contributed by atoms with E-state index in [4.69, 9.17) is 4.55 Å². The van der Waals surface area contributed by atoms with Gasteiger partial charge in [0, 0.05) is 17.2 Å². The first-order valence-electron chi connectivity index (χ1n) is 3.31. The quantitative estimate of drug-likeness (QED) is 0.396. The molecule has 4 heteroatoms. The third kappa shape index (κ3) is 25.2. The van der Waals surface area contributed by atoms with Crippen molar-refractivity contribution in [3.63, 3.8) is 0 Å². The van der Waals surface area contributed by atoms with Gasteiger partial charge in [0.2, 0.25) is 0 Å². The van der Waals surface area contributed by atoms with Gasteiger partial charge in [0.1, 0.15) is 0 Å². The van der Waals surface area contributed by atoms with Gasteiger partial charge in [0.15, 0.2) is 0 Å². The molecule has 0 saturated heterocycles. The van der Waals surface area contributed by atoms with Crippen molar-refractivity contribution >= 4 is 30.2 Å². The van der Waals surface area contributed by atoms with Crippen LogP contribution in [-0.4, -0.2) is 21.8 Å². The first-order valence-corrected chi connectivity index (χ1v) is 5.27. The summed E-state index contributed by atoms with van der Waals surface area (Å²) < 4.78 is 11.8. The molecule has 0 aliphatic carbocycles. The van der Waals surface area contributed by atoms with Crippen molar-refractivity contribution in [2.75, 3.05) is 6.26 Å². The average Bonchev–Trinajstić information content (AvgIpc) is 1.84. The molecule has 0 atom stereocenters. The molecule has 0 amide bonds. The lowest BCUT2D eigenvalue weighted by Gasteiger charge is -2.11. The minimum atomic E-state index is 0.270. The summed E-state index contributed by atoms with van der Waals surface area (Å²) in [7, 11) is 0. The maximum atomic E-state index is 7.49. The summed E-state index contributed by atoms with van der Waals surface area (Å²) in [6, 6.07) is 0. The van der Waals surface area contributed by atoms with Gasteiger partial charge in [-0.15, -0.1) is 0 Å². The van der Waals surface area contributed by atoms with Crippen molar-refractivity contribution in [2.24, 2.45) is 4.40 Å². The molecule has 1 N–H and O–H groups in total. The Balaban J connectivity index is 0. The second kappa shape index (κ2) is 8.43. The maximum absolute atomic E-state index is 7.49. The van der Waals surface area contributed by atoms with Crippen LogP contribution in [0.25, 0.3) is 0 Å². The fraction of sp³-hybridized carbons (Fsp3) is 0.857. The Kier molecular flexibility index (Phi) is 10.6. The van der Waals surface area contributed by atoms with E-state index in [-0.39, 0.29) is 4.75 Å². The zero-order chi connectivity index (χ0) is 9.33. The Morgan fingerprint density at radius 2 is 1.73 bits per heavy atom. The van der Waals surface area contributed by atoms with E-state index in [2.05, 4.69) is 25.2 Å². The van der Waals surface area contributed by atoms with E-state index in [0.717, 1.165) is 12.0 Å². The number of nitrogens with zero attached hydrogens (tertiary/aromatic N) is 1. The second-order valence-electron chi connectivity index (χ2n) is 2.75. The van der Waals surface area contributed by atoms with Gasteiger partial charge in [-0.25, -0.2) is 4.40 Å². The van der Waals surface area contributed by atoms with Gasteiger partial charge in [0.05, 0.1) is 0 Å². The summed E-state index contributed by atoms with van der Waals surface area (Å²) in [6.07, 6.45) is 3.41. The molecule has 0 bridgehead atoms. The van der Waals surface area contributed by atoms with E-state index in [1.165, 1.54) is 0 Å². The maximum Gasteiger partial charge on any atom is 0.0294 e. The predicted octanol–water partition coefficient (Wildman–Crippen LogP) is 3.35. The van der Waals surface area contributed by atoms with Crippen molar-refractivity contribution in [2.45, 2.75) is 32.4 Å². The van der Waals surface area contributed by atoms with Crippen molar-refractivity contribution in [3.8, 4) is 0 Å². The van der Waals surface area contributed by atoms with Crippen LogP contribution in [0, 0.1) is 0 Å². The highest BCUT2D eigenvalue weighted by Gasteiger charge is 2.08. The highest BCUT2D eigenvalue weighted by molar-refractivity contribution is 7.99. The van der Waals surface area contributed by atoms with Crippen LogP contribution >= 0.6 is 24.0 Å². The van der Waals surface area contributed by atoms with Crippen LogP contribution in [0.5, 0.6) is 0 Å². The van der Waals surface area contributed by atoms with E-state index in [0.29, 0.717) is 0 Å². The van der Waals surface area contributed by atoms with E-state index >= 15 is 0 Å². The normalized spacial score (nSPS) is 11.1. The number of hydrogen-bond donors (Lipinski definition) is 1. The van der Waals surface area contributed by atoms with E-state index in [1.807, 2.05) is 13.1 Å². The lowest BCUT2D eigenvalue weighted by Crippen LogP contribution is -2.04. The fourth-order valence-electron chi connectivity index (χ4n) is 0.211. The molecule has 0 aromatic heterocycles. The lowest BCUT2D eigenvalue weighted by molar-refractivity contribution is 0.669. The van der Waals surface area contributed by atoms with Crippen LogP contribution in [0.2, 0.25) is 0 Å². The highest BCUT2D eigenvalue weighted by atomic mass is 32.2. The first-order chi connectivity index (χ1) is 4.97. The van der Waals surface area contributed by atoms with Gasteiger partial charge >= 0.3 is 0 Å². The summed E-state index contributed by atoms with van der Waals surface area (Å²) in [4.78, 5) is 0. The fourth-order valence-corrected chi connectivity index (χ4v) is 0.632. The summed E-state index contributed by atoms with van der Waals surface area (Å²) in [5, 5.41) is 0. The summed E-state index contributed by atoms with van der Waals surface area (Å²) in [5.74, 6) is 0. The molecule has 0 unspecified atom stereocenters. The predicted molar refractivity (Wildman–Crippen MR) is 57.7 cm³/mol. The van der Waals surface area contributed by atoms with Gasteiger partial charge in [-0.2, -0.15) is 0 Å². The summed E-state index contributed by atoms with van der Waals surface area (Å²) in [5.41, 5.74) is 0. The van der Waals surface area contributed by atoms with Gasteiger partial charge in [-0.1, -0.05) is 0 Å². The zero-order valence-electron chi connectivity index (χ0n) is 7.79. The molecule has 0 rings (SSSR count). The summed E-state index contributed by atoms with van der Waals surface area (Å²) in [6.45, 7) is 8.36. The molecule has 0 aliphatic heterocycles. The molecule has 0 aromatic carbocycles. The molecular weight excluding hydrogens is 178 g/mol. The molecule has 2 nitrogen and oxygen atoms in total. The Hall–Kier alpha value is 0.330. The lowest BCUT2D eigenvalue weighted by atomic mass is 10.3. The van der Waals surface area contributed by atoms with Crippen LogP contribution < -0.4 is 0 Å². The first kappa shape index (κ1) is 13.9. The minimum Gasteiger partial charge on any atom is -0.330 e. The van der Waals surface area contributed by atoms with Crippen molar-refractivity contribution < 1.29 is 4.55 Å². The van der Waals surface area contributed by atoms with Gasteiger partial charge < -0.3 is 4.55 Å². The van der Waals surface area contributed by atoms with Crippen LogP contribution in [-0.2, 0) is 0 Å². The smallest absolute Gasteiger partial charge is 0.0294 e. The van der Waals surface area contributed by atoms with E-state index in [9.17, 15) is 0 Å². The van der Waals surface area contributed by atoms with Crippen LogP contribution in [0.1, 0.15) is 27.7 Å². The van der Waals surface area contributed by atoms with Gasteiger partial charge in [0.25, 0.3) is 0 Å². The Bertz CT molecular complexity index is 99.1. The monoisotopic (exact) mass is 195 g/mol. The standard InChI is InChI=1S/C6H13NS.CH4OS/c1-5-7-8-6(2,3)4;1-3-2/h5H,1-4H3;2H,1H3/b7-5+;. The van der Waals surface area contributed by atoms with E-state index in [1.54, 1.807) is 18.2 Å². The van der Waals surface area contributed by atoms with E-state index < -0.39 is 0 Å². The molecule has 0 aromatic rings. The van der Waals surface area contributed by atoms with Crippen molar-refractivity contribution in [1.29, 1.82) is 0 Å². The minimum absolute atomic E-state index is 0.270. The molecule has 0 heterocycles. The van der Waals surface area contributed by atoms with Crippen LogP contribution in [0.15, 0.2) is 4.40 Å². The molecule has 0 spiro atoms. The van der Waals surface area contributed by atoms with Gasteiger partial charge in [-0.3, -0.25) is 0 Å². The SMILES string of the molecule is C/C=N/SC(C)(C)C.CSO. The Morgan fingerprint density at radius 1 is 1.36 bits per heavy atom. The molecule has 0 radical (unpaired) electrons. The number of hydrogen-bond acceptors (Lipinski definition) is 4. The number of rotatable bonds is 1. The second-order valence-corrected chi connectivity index (χ2v) is 4.73. The average molecular weight is 195 g/mol. The Morgan fingerprint density at radius 3 is 1.82 bits per heavy atom. The van der Waals surface area contributed by atoms with Gasteiger partial charge in [-0.05, 0) is 51.7 Å².